The fraction of sp³-hybridized carbons (Fsp3) is 0.464. The molecule has 5 rings (SSSR count). The van der Waals surface area contributed by atoms with E-state index in [0.717, 1.165) is 42.9 Å². The van der Waals surface area contributed by atoms with Crippen LogP contribution < -0.4 is 10.6 Å². The molecule has 0 aliphatic carbocycles. The second kappa shape index (κ2) is 10.7. The van der Waals surface area contributed by atoms with Crippen molar-refractivity contribution in [3.8, 4) is 0 Å². The summed E-state index contributed by atoms with van der Waals surface area (Å²) in [5.74, 6) is 0.0292. The molecule has 2 amide bonds. The number of hydrogen-bond acceptors (Lipinski definition) is 6. The quantitative estimate of drug-likeness (QED) is 0.569. The zero-order valence-electron chi connectivity index (χ0n) is 20.9. The SMILES string of the molecule is C=CCOC(=O)N1CC[C@H]2C(c3ccccn3)Nc3ccc(C(=O)NCC4CCCN4CC)cc3[C@H]21. The van der Waals surface area contributed by atoms with Crippen molar-refractivity contribution in [1.29, 1.82) is 0 Å². The standard InChI is InChI=1S/C28H35N5O3/c1-3-16-36-28(35)33-15-12-21-25(24-9-5-6-13-29-24)31-23-11-10-19(17-22(23)26(21)33)27(34)30-18-20-8-7-14-32(20)4-2/h3,5-6,9-11,13,17,20-21,25-26,31H,1,4,7-8,12,14-16,18H2,2H3,(H,30,34)/t20?,21-,25?,26-/m0/s1. The summed E-state index contributed by atoms with van der Waals surface area (Å²) in [5.41, 5.74) is 3.42. The maximum absolute atomic E-state index is 13.1. The monoisotopic (exact) mass is 489 g/mol. The molecule has 0 spiro atoms. The van der Waals surface area contributed by atoms with Crippen LogP contribution in [0.2, 0.25) is 0 Å². The Bertz CT molecular complexity index is 1110. The van der Waals surface area contributed by atoms with Gasteiger partial charge in [0, 0.05) is 42.5 Å². The van der Waals surface area contributed by atoms with Gasteiger partial charge in [-0.2, -0.15) is 0 Å². The molecule has 8 nitrogen and oxygen atoms in total. The molecule has 0 saturated carbocycles. The van der Waals surface area contributed by atoms with Crippen molar-refractivity contribution in [3.05, 3.63) is 72.1 Å². The van der Waals surface area contributed by atoms with Gasteiger partial charge < -0.3 is 20.3 Å². The predicted octanol–water partition coefficient (Wildman–Crippen LogP) is 4.15. The summed E-state index contributed by atoms with van der Waals surface area (Å²) in [6, 6.07) is 11.8. The Balaban J connectivity index is 1.42. The van der Waals surface area contributed by atoms with Gasteiger partial charge in [0.2, 0.25) is 0 Å². The first-order valence-electron chi connectivity index (χ1n) is 13.0. The Labute approximate surface area is 212 Å². The van der Waals surface area contributed by atoms with Gasteiger partial charge in [-0.3, -0.25) is 14.7 Å². The average Bonchev–Trinajstić information content (AvgIpc) is 3.57. The van der Waals surface area contributed by atoms with Crippen LogP contribution in [0, 0.1) is 5.92 Å². The molecule has 1 aromatic heterocycles. The summed E-state index contributed by atoms with van der Waals surface area (Å²) in [4.78, 5) is 34.9. The number of likely N-dealkylation sites (N-methyl/N-ethyl adjacent to an activating group) is 1. The highest BCUT2D eigenvalue weighted by Gasteiger charge is 2.47. The van der Waals surface area contributed by atoms with Gasteiger partial charge in [-0.1, -0.05) is 25.6 Å². The highest BCUT2D eigenvalue weighted by atomic mass is 16.6. The topological polar surface area (TPSA) is 86.8 Å². The zero-order valence-corrected chi connectivity index (χ0v) is 20.9. The van der Waals surface area contributed by atoms with E-state index in [2.05, 4.69) is 34.0 Å². The Morgan fingerprint density at radius 1 is 1.25 bits per heavy atom. The zero-order chi connectivity index (χ0) is 25.1. The van der Waals surface area contributed by atoms with Crippen LogP contribution in [0.5, 0.6) is 0 Å². The second-order valence-electron chi connectivity index (χ2n) is 9.77. The van der Waals surface area contributed by atoms with Crippen LogP contribution in [0.4, 0.5) is 10.5 Å². The molecule has 0 bridgehead atoms. The van der Waals surface area contributed by atoms with Gasteiger partial charge >= 0.3 is 6.09 Å². The summed E-state index contributed by atoms with van der Waals surface area (Å²) < 4.78 is 5.42. The number of amides is 2. The highest BCUT2D eigenvalue weighted by Crippen LogP contribution is 2.51. The van der Waals surface area contributed by atoms with Crippen LogP contribution in [0.1, 0.15) is 59.9 Å². The normalized spacial score (nSPS) is 25.0. The predicted molar refractivity (Wildman–Crippen MR) is 139 cm³/mol. The van der Waals surface area contributed by atoms with Crippen molar-refractivity contribution < 1.29 is 14.3 Å². The third-order valence-electron chi connectivity index (χ3n) is 7.79. The number of fused-ring (bicyclic) bond motifs is 3. The number of benzene rings is 1. The third-order valence-corrected chi connectivity index (χ3v) is 7.79. The second-order valence-corrected chi connectivity index (χ2v) is 9.77. The molecular formula is C28H35N5O3. The molecule has 0 radical (unpaired) electrons. The first-order valence-corrected chi connectivity index (χ1v) is 13.0. The van der Waals surface area contributed by atoms with E-state index in [1.54, 1.807) is 17.2 Å². The van der Waals surface area contributed by atoms with Gasteiger partial charge in [-0.15, -0.1) is 0 Å². The molecule has 2 aromatic rings. The summed E-state index contributed by atoms with van der Waals surface area (Å²) >= 11 is 0. The lowest BCUT2D eigenvalue weighted by Crippen LogP contribution is -2.40. The highest BCUT2D eigenvalue weighted by molar-refractivity contribution is 5.95. The summed E-state index contributed by atoms with van der Waals surface area (Å²) in [6.07, 6.45) is 6.12. The maximum atomic E-state index is 13.1. The van der Waals surface area contributed by atoms with Gasteiger partial charge in [0.1, 0.15) is 6.61 Å². The Hall–Kier alpha value is -3.39. The Kier molecular flexibility index (Phi) is 7.23. The number of likely N-dealkylation sites (tertiary alicyclic amines) is 2. The Morgan fingerprint density at radius 3 is 2.92 bits per heavy atom. The number of hydrogen-bond donors (Lipinski definition) is 2. The first kappa shape index (κ1) is 24.3. The largest absolute Gasteiger partial charge is 0.445 e. The van der Waals surface area contributed by atoms with E-state index in [9.17, 15) is 9.59 Å². The maximum Gasteiger partial charge on any atom is 0.410 e. The molecule has 2 saturated heterocycles. The van der Waals surface area contributed by atoms with Gasteiger partial charge in [0.25, 0.3) is 5.91 Å². The molecule has 2 fully saturated rings. The molecule has 36 heavy (non-hydrogen) atoms. The number of carbonyl (C=O) groups is 2. The number of ether oxygens (including phenoxy) is 1. The number of pyridine rings is 1. The van der Waals surface area contributed by atoms with E-state index in [-0.39, 0.29) is 36.6 Å². The fourth-order valence-electron chi connectivity index (χ4n) is 6.04. The minimum absolute atomic E-state index is 0.0389. The van der Waals surface area contributed by atoms with Gasteiger partial charge in [0.15, 0.2) is 0 Å². The van der Waals surface area contributed by atoms with Crippen molar-refractivity contribution in [2.45, 2.75) is 44.3 Å². The molecule has 2 unspecified atom stereocenters. The van der Waals surface area contributed by atoms with Crippen LogP contribution in [0.15, 0.2) is 55.3 Å². The molecule has 4 heterocycles. The van der Waals surface area contributed by atoms with Gasteiger partial charge in [-0.05, 0) is 68.2 Å². The van der Waals surface area contributed by atoms with Crippen molar-refractivity contribution in [1.82, 2.24) is 20.1 Å². The van der Waals surface area contributed by atoms with Gasteiger partial charge in [-0.25, -0.2) is 4.79 Å². The van der Waals surface area contributed by atoms with Crippen LogP contribution >= 0.6 is 0 Å². The summed E-state index contributed by atoms with van der Waals surface area (Å²) in [7, 11) is 0. The molecule has 8 heteroatoms. The molecule has 1 aromatic carbocycles. The van der Waals surface area contributed by atoms with Crippen LogP contribution in [0.25, 0.3) is 0 Å². The number of rotatable bonds is 7. The molecule has 190 valence electrons. The van der Waals surface area contributed by atoms with E-state index in [1.165, 1.54) is 6.42 Å². The smallest absolute Gasteiger partial charge is 0.410 e. The van der Waals surface area contributed by atoms with Crippen molar-refractivity contribution in [2.75, 3.05) is 38.1 Å². The van der Waals surface area contributed by atoms with E-state index < -0.39 is 0 Å². The third kappa shape index (κ3) is 4.69. The molecule has 2 N–H and O–H groups in total. The lowest BCUT2D eigenvalue weighted by atomic mass is 9.81. The number of nitrogens with zero attached hydrogens (tertiary/aromatic N) is 3. The fourth-order valence-corrected chi connectivity index (χ4v) is 6.04. The molecule has 3 aliphatic rings. The molecular weight excluding hydrogens is 454 g/mol. The van der Waals surface area contributed by atoms with E-state index >= 15 is 0 Å². The number of nitrogens with one attached hydrogen (secondary N) is 2. The van der Waals surface area contributed by atoms with Gasteiger partial charge in [0.05, 0.1) is 17.8 Å². The van der Waals surface area contributed by atoms with Crippen molar-refractivity contribution >= 4 is 17.7 Å². The summed E-state index contributed by atoms with van der Waals surface area (Å²) in [5, 5.41) is 6.79. The van der Waals surface area contributed by atoms with E-state index in [0.29, 0.717) is 24.7 Å². The minimum Gasteiger partial charge on any atom is -0.445 e. The number of aromatic nitrogens is 1. The van der Waals surface area contributed by atoms with E-state index in [4.69, 9.17) is 4.74 Å². The number of carbonyl (C=O) groups excluding carboxylic acids is 2. The summed E-state index contributed by atoms with van der Waals surface area (Å²) in [6.45, 7) is 9.32. The lowest BCUT2D eigenvalue weighted by Gasteiger charge is -2.39. The number of anilines is 1. The van der Waals surface area contributed by atoms with Crippen LogP contribution in [-0.2, 0) is 4.74 Å². The average molecular weight is 490 g/mol. The first-order chi connectivity index (χ1) is 17.6. The lowest BCUT2D eigenvalue weighted by molar-refractivity contribution is 0.0941. The molecule has 3 aliphatic heterocycles. The molecule has 4 atom stereocenters. The van der Waals surface area contributed by atoms with Crippen molar-refractivity contribution in [2.24, 2.45) is 5.92 Å². The Morgan fingerprint density at radius 2 is 2.14 bits per heavy atom. The minimum atomic E-state index is -0.356. The van der Waals surface area contributed by atoms with Crippen molar-refractivity contribution in [3.63, 3.8) is 0 Å². The van der Waals surface area contributed by atoms with Crippen LogP contribution in [-0.4, -0.2) is 65.6 Å². The van der Waals surface area contributed by atoms with E-state index in [1.807, 2.05) is 36.4 Å². The van der Waals surface area contributed by atoms with Crippen LogP contribution in [0.3, 0.4) is 0 Å².